The Hall–Kier alpha value is -0.316. The fourth-order valence-electron chi connectivity index (χ4n) is 2.68. The van der Waals surface area contributed by atoms with E-state index in [0.717, 1.165) is 18.9 Å². The molecule has 0 rings (SSSR count). The normalized spacial score (nSPS) is 12.8. The predicted molar refractivity (Wildman–Crippen MR) is 168 cm³/mol. The first-order valence-electron chi connectivity index (χ1n) is 13.0. The average molecular weight is 815 g/mol. The van der Waals surface area contributed by atoms with Crippen molar-refractivity contribution < 1.29 is 79.7 Å². The number of hydrogen-bond donors (Lipinski definition) is 0. The molecule has 0 unspecified atom stereocenters. The monoisotopic (exact) mass is 813 g/mol. The second-order valence-electron chi connectivity index (χ2n) is 12.1. The van der Waals surface area contributed by atoms with Crippen molar-refractivity contribution in [1.82, 2.24) is 0 Å². The Morgan fingerprint density at radius 1 is 0.750 bits per heavy atom. The molecule has 0 aliphatic carbocycles. The SMILES string of the molecule is C.C.CCC(C)(C)C(=O)OCCC[Si](C)(C)O[Si](C)(C)C.CCC(C)(C)C(=O)OCCOS(=O)(=O)[N-]S(=O)(=O)C(F)(F)F.[Ag+]. The van der Waals surface area contributed by atoms with Crippen LogP contribution >= 0.6 is 0 Å². The van der Waals surface area contributed by atoms with Gasteiger partial charge in [-0.15, -0.1) is 0 Å². The van der Waals surface area contributed by atoms with Gasteiger partial charge >= 0.3 is 39.8 Å². The summed E-state index contributed by atoms with van der Waals surface area (Å²) in [4.78, 5) is 23.3. The molecular weight excluding hydrogens is 759 g/mol. The molecule has 0 atom stereocenters. The third kappa shape index (κ3) is 23.1. The van der Waals surface area contributed by atoms with Gasteiger partial charge in [0.05, 0.1) is 24.0 Å². The van der Waals surface area contributed by atoms with Crippen molar-refractivity contribution in [2.75, 3.05) is 19.8 Å². The molecule has 0 aromatic carbocycles. The topological polar surface area (TPSA) is 153 Å². The van der Waals surface area contributed by atoms with Crippen LogP contribution in [0.25, 0.3) is 4.13 Å². The molecule has 0 aliphatic heterocycles. The summed E-state index contributed by atoms with van der Waals surface area (Å²) in [5, 5.41) is 0. The number of esters is 2. The zero-order valence-corrected chi connectivity index (χ0v) is 31.3. The third-order valence-corrected chi connectivity index (χ3v) is 14.4. The Bertz CT molecular complexity index is 1070. The van der Waals surface area contributed by atoms with Gasteiger partial charge < -0.3 is 17.7 Å². The molecule has 0 spiro atoms. The molecule has 0 N–H and O–H groups in total. The van der Waals surface area contributed by atoms with Crippen LogP contribution in [0.3, 0.4) is 0 Å². The molecule has 272 valence electrons. The molecule has 0 bridgehead atoms. The van der Waals surface area contributed by atoms with E-state index in [1.54, 1.807) is 24.9 Å². The maximum absolute atomic E-state index is 12.0. The van der Waals surface area contributed by atoms with Crippen molar-refractivity contribution >= 4 is 48.9 Å². The second kappa shape index (κ2) is 20.8. The molecule has 0 radical (unpaired) electrons. The molecule has 0 amide bonds. The van der Waals surface area contributed by atoms with Gasteiger partial charge in [0.2, 0.25) is 10.3 Å². The summed E-state index contributed by atoms with van der Waals surface area (Å²) in [5.74, 6) is -0.753. The molecule has 0 aliphatic rings. The molecule has 11 nitrogen and oxygen atoms in total. The number of hydrogen-bond acceptors (Lipinski definition) is 10. The molecular formula is C25H55AgF3NO10S2Si2. The fraction of sp³-hybridized carbons (Fsp3) is 0.920. The van der Waals surface area contributed by atoms with Crippen LogP contribution in [0.5, 0.6) is 0 Å². The smallest absolute Gasteiger partial charge is 0.465 e. The van der Waals surface area contributed by atoms with Gasteiger partial charge in [0.25, 0.3) is 0 Å². The van der Waals surface area contributed by atoms with E-state index in [4.69, 9.17) is 8.85 Å². The minimum absolute atomic E-state index is 0. The standard InChI is InChI=1S/C14H32O3Si2.C9H15F3NO7S2.2CH4.Ag/c1-9-14(2,3)13(15)16-11-10-12-19(7,8)17-18(4,5)6;1-4-8(2,3)7(14)19-5-6-20-22(17,18)13-21(15,16)9(10,11)12;;;/h9-12H2,1-8H3;4-6H2,1-3H3;2*1H4;/q;-1;;;+1. The summed E-state index contributed by atoms with van der Waals surface area (Å²) < 4.78 is 101. The van der Waals surface area contributed by atoms with E-state index in [-0.39, 0.29) is 48.6 Å². The zero-order valence-electron chi connectivity index (χ0n) is 26.2. The number of carbonyl (C=O) groups is 2. The third-order valence-electron chi connectivity index (χ3n) is 5.64. The van der Waals surface area contributed by atoms with Crippen molar-refractivity contribution in [1.29, 1.82) is 0 Å². The van der Waals surface area contributed by atoms with Gasteiger partial charge in [-0.05, 0) is 85.7 Å². The number of carbonyl (C=O) groups excluding carboxylic acids is 2. The van der Waals surface area contributed by atoms with Crippen LogP contribution in [0.2, 0.25) is 38.8 Å². The van der Waals surface area contributed by atoms with Gasteiger partial charge in [0.15, 0.2) is 26.7 Å². The number of alkyl halides is 3. The maximum atomic E-state index is 12.0. The first-order valence-corrected chi connectivity index (χ1v) is 22.4. The second-order valence-corrected chi connectivity index (χ2v) is 24.2. The summed E-state index contributed by atoms with van der Waals surface area (Å²) in [7, 11) is -14.6. The van der Waals surface area contributed by atoms with E-state index in [0.29, 0.717) is 13.0 Å². The minimum atomic E-state index is -6.23. The van der Waals surface area contributed by atoms with Crippen LogP contribution in [0.15, 0.2) is 0 Å². The molecule has 0 saturated carbocycles. The van der Waals surface area contributed by atoms with Gasteiger partial charge in [0.1, 0.15) is 6.61 Å². The van der Waals surface area contributed by atoms with E-state index >= 15 is 0 Å². The molecule has 0 saturated heterocycles. The van der Waals surface area contributed by atoms with E-state index in [1.165, 1.54) is 0 Å². The molecule has 0 fully saturated rings. The summed E-state index contributed by atoms with van der Waals surface area (Å²) in [5.41, 5.74) is -7.05. The van der Waals surface area contributed by atoms with Crippen LogP contribution in [-0.4, -0.2) is 70.7 Å². The van der Waals surface area contributed by atoms with Crippen molar-refractivity contribution in [2.45, 2.75) is 120 Å². The van der Waals surface area contributed by atoms with Gasteiger partial charge in [-0.3, -0.25) is 13.8 Å². The molecule has 19 heteroatoms. The van der Waals surface area contributed by atoms with E-state index in [1.807, 2.05) is 20.8 Å². The quantitative estimate of drug-likeness (QED) is 0.0894. The summed E-state index contributed by atoms with van der Waals surface area (Å²) in [6.45, 7) is 21.0. The first kappa shape index (κ1) is 53.2. The van der Waals surface area contributed by atoms with Crippen LogP contribution in [0, 0.1) is 10.8 Å². The Balaban J connectivity index is -0.000000218. The zero-order chi connectivity index (χ0) is 33.1. The number of rotatable bonds is 16. The van der Waals surface area contributed by atoms with E-state index in [2.05, 4.69) is 41.7 Å². The largest absolute Gasteiger partial charge is 1.00 e. The Morgan fingerprint density at radius 3 is 1.48 bits per heavy atom. The Morgan fingerprint density at radius 2 is 1.14 bits per heavy atom. The minimum Gasteiger partial charge on any atom is -0.465 e. The van der Waals surface area contributed by atoms with Gasteiger partial charge in [0, 0.05) is 0 Å². The number of nitrogens with zero attached hydrogens (tertiary/aromatic N) is 1. The number of sulfonamides is 1. The maximum Gasteiger partial charge on any atom is 1.00 e. The summed E-state index contributed by atoms with van der Waals surface area (Å²) in [6.07, 6.45) is 2.16. The summed E-state index contributed by atoms with van der Waals surface area (Å²) in [6, 6.07) is 1.05. The van der Waals surface area contributed by atoms with E-state index < -0.39 is 67.1 Å². The van der Waals surface area contributed by atoms with Crippen molar-refractivity contribution in [3.05, 3.63) is 4.13 Å². The number of halogens is 3. The van der Waals surface area contributed by atoms with Gasteiger partial charge in [-0.25, -0.2) is 16.8 Å². The van der Waals surface area contributed by atoms with Gasteiger partial charge in [-0.1, -0.05) is 28.7 Å². The predicted octanol–water partition coefficient (Wildman–Crippen LogP) is 7.13. The van der Waals surface area contributed by atoms with E-state index in [9.17, 15) is 39.6 Å². The van der Waals surface area contributed by atoms with Gasteiger partial charge in [-0.2, -0.15) is 13.2 Å². The number of ether oxygens (including phenoxy) is 2. The van der Waals surface area contributed by atoms with Crippen molar-refractivity contribution in [3.63, 3.8) is 0 Å². The molecule has 0 aromatic heterocycles. The van der Waals surface area contributed by atoms with Crippen molar-refractivity contribution in [2.24, 2.45) is 10.8 Å². The van der Waals surface area contributed by atoms with Crippen LogP contribution < -0.4 is 0 Å². The molecule has 44 heavy (non-hydrogen) atoms. The summed E-state index contributed by atoms with van der Waals surface area (Å²) >= 11 is 0. The Labute approximate surface area is 282 Å². The van der Waals surface area contributed by atoms with Crippen LogP contribution in [-0.2, 0) is 70.1 Å². The average Bonchev–Trinajstić information content (AvgIpc) is 2.76. The first-order chi connectivity index (χ1) is 18.0. The molecule has 0 heterocycles. The van der Waals surface area contributed by atoms with Crippen molar-refractivity contribution in [3.8, 4) is 0 Å². The fourth-order valence-corrected chi connectivity index (χ4v) is 12.5. The molecule has 0 aromatic rings. The van der Waals surface area contributed by atoms with Crippen LogP contribution in [0.4, 0.5) is 13.2 Å². The Kier molecular flexibility index (Phi) is 25.2. The van der Waals surface area contributed by atoms with Crippen LogP contribution in [0.1, 0.15) is 75.7 Å².